The van der Waals surface area contributed by atoms with Gasteiger partial charge in [-0.1, -0.05) is 0 Å². The van der Waals surface area contributed by atoms with Crippen LogP contribution in [-0.4, -0.2) is 37.6 Å². The fourth-order valence-corrected chi connectivity index (χ4v) is 0.734. The molecule has 0 rings (SSSR count). The van der Waals surface area contributed by atoms with Gasteiger partial charge in [0.1, 0.15) is 0 Å². The van der Waals surface area contributed by atoms with Crippen LogP contribution in [-0.2, 0) is 0 Å². The van der Waals surface area contributed by atoms with Crippen LogP contribution in [0, 0.1) is 0 Å². The van der Waals surface area contributed by atoms with E-state index >= 15 is 0 Å². The van der Waals surface area contributed by atoms with Gasteiger partial charge in [0.2, 0.25) is 0 Å². The molecular weight excluding hydrogens is 124 g/mol. The Morgan fingerprint density at radius 1 is 1.30 bits per heavy atom. The number of nitrogens with zero attached hydrogens (tertiary/aromatic N) is 1. The molecular formula is C8H20N2. The Morgan fingerprint density at radius 2 is 1.80 bits per heavy atom. The molecule has 0 bridgehead atoms. The highest BCUT2D eigenvalue weighted by Crippen LogP contribution is 1.94. The third-order valence-electron chi connectivity index (χ3n) is 1.94. The van der Waals surface area contributed by atoms with Crippen LogP contribution in [0.2, 0.25) is 0 Å². The molecule has 0 fully saturated rings. The first-order valence-corrected chi connectivity index (χ1v) is 3.95. The van der Waals surface area contributed by atoms with Crippen molar-refractivity contribution in [3.63, 3.8) is 0 Å². The van der Waals surface area contributed by atoms with E-state index in [4.69, 9.17) is 0 Å². The lowest BCUT2D eigenvalue weighted by atomic mass is 10.3. The first-order chi connectivity index (χ1) is 4.57. The van der Waals surface area contributed by atoms with Gasteiger partial charge in [-0.2, -0.15) is 0 Å². The van der Waals surface area contributed by atoms with Crippen LogP contribution in [0.4, 0.5) is 0 Å². The quantitative estimate of drug-likeness (QED) is 0.631. The third kappa shape index (κ3) is 3.85. The van der Waals surface area contributed by atoms with E-state index in [1.54, 1.807) is 0 Å². The largest absolute Gasteiger partial charge is 0.316 e. The van der Waals surface area contributed by atoms with Crippen molar-refractivity contribution < 1.29 is 0 Å². The standard InChI is InChI=1S/C8H20N2/c1-7(2)10(5)6-8(3)9-4/h7-9H,6H2,1-5H3. The van der Waals surface area contributed by atoms with Gasteiger partial charge in [0, 0.05) is 18.6 Å². The van der Waals surface area contributed by atoms with Crippen molar-refractivity contribution in [3.05, 3.63) is 0 Å². The number of hydrogen-bond acceptors (Lipinski definition) is 2. The normalized spacial score (nSPS) is 14.7. The minimum atomic E-state index is 0.590. The average molecular weight is 144 g/mol. The lowest BCUT2D eigenvalue weighted by Crippen LogP contribution is -2.38. The maximum absolute atomic E-state index is 3.21. The average Bonchev–Trinajstić information content (AvgIpc) is 1.87. The molecule has 62 valence electrons. The molecule has 10 heavy (non-hydrogen) atoms. The molecule has 0 heterocycles. The second-order valence-corrected chi connectivity index (χ2v) is 3.22. The van der Waals surface area contributed by atoms with E-state index in [0.717, 1.165) is 6.54 Å². The molecule has 1 unspecified atom stereocenters. The van der Waals surface area contributed by atoms with Crippen LogP contribution in [0.1, 0.15) is 20.8 Å². The summed E-state index contributed by atoms with van der Waals surface area (Å²) in [7, 11) is 4.15. The number of rotatable bonds is 4. The number of hydrogen-bond donors (Lipinski definition) is 1. The topological polar surface area (TPSA) is 15.3 Å². The fraction of sp³-hybridized carbons (Fsp3) is 1.00. The Labute approximate surface area is 64.6 Å². The van der Waals surface area contributed by atoms with E-state index < -0.39 is 0 Å². The zero-order chi connectivity index (χ0) is 8.15. The Bertz CT molecular complexity index is 81.3. The van der Waals surface area contributed by atoms with Crippen LogP contribution < -0.4 is 5.32 Å². The molecule has 1 N–H and O–H groups in total. The molecule has 0 spiro atoms. The Morgan fingerprint density at radius 3 is 2.10 bits per heavy atom. The Balaban J connectivity index is 3.46. The van der Waals surface area contributed by atoms with Crippen LogP contribution in [0.5, 0.6) is 0 Å². The number of nitrogens with one attached hydrogen (secondary N) is 1. The lowest BCUT2D eigenvalue weighted by Gasteiger charge is -2.24. The molecule has 0 aliphatic heterocycles. The Kier molecular flexibility index (Phi) is 4.65. The molecule has 0 aromatic heterocycles. The van der Waals surface area contributed by atoms with E-state index in [-0.39, 0.29) is 0 Å². The molecule has 0 radical (unpaired) electrons. The smallest absolute Gasteiger partial charge is 0.0163 e. The molecule has 2 heteroatoms. The third-order valence-corrected chi connectivity index (χ3v) is 1.94. The molecule has 2 nitrogen and oxygen atoms in total. The molecule has 1 atom stereocenters. The summed E-state index contributed by atoms with van der Waals surface area (Å²) in [6.07, 6.45) is 0. The van der Waals surface area contributed by atoms with Crippen molar-refractivity contribution in [2.75, 3.05) is 20.6 Å². The van der Waals surface area contributed by atoms with Crippen molar-refractivity contribution in [1.82, 2.24) is 10.2 Å². The minimum Gasteiger partial charge on any atom is -0.316 e. The summed E-state index contributed by atoms with van der Waals surface area (Å²) in [4.78, 5) is 2.33. The van der Waals surface area contributed by atoms with Crippen molar-refractivity contribution in [2.45, 2.75) is 32.9 Å². The minimum absolute atomic E-state index is 0.590. The maximum atomic E-state index is 3.21. The number of likely N-dealkylation sites (N-methyl/N-ethyl adjacent to an activating group) is 2. The van der Waals surface area contributed by atoms with Gasteiger partial charge < -0.3 is 10.2 Å². The summed E-state index contributed by atoms with van der Waals surface area (Å²) in [5, 5.41) is 3.21. The fourth-order valence-electron chi connectivity index (χ4n) is 0.734. The van der Waals surface area contributed by atoms with Gasteiger partial charge in [-0.25, -0.2) is 0 Å². The van der Waals surface area contributed by atoms with E-state index in [1.807, 2.05) is 7.05 Å². The monoisotopic (exact) mass is 144 g/mol. The lowest BCUT2D eigenvalue weighted by molar-refractivity contribution is 0.251. The Hall–Kier alpha value is -0.0800. The summed E-state index contributed by atoms with van der Waals surface area (Å²) in [5.74, 6) is 0. The molecule has 0 saturated heterocycles. The second-order valence-electron chi connectivity index (χ2n) is 3.22. The van der Waals surface area contributed by atoms with E-state index in [2.05, 4.69) is 38.0 Å². The van der Waals surface area contributed by atoms with Gasteiger partial charge in [0.05, 0.1) is 0 Å². The van der Waals surface area contributed by atoms with Crippen LogP contribution in [0.25, 0.3) is 0 Å². The molecule has 0 aliphatic rings. The van der Waals surface area contributed by atoms with Gasteiger partial charge in [-0.15, -0.1) is 0 Å². The zero-order valence-electron chi connectivity index (χ0n) is 7.81. The predicted molar refractivity (Wildman–Crippen MR) is 46.3 cm³/mol. The summed E-state index contributed by atoms with van der Waals surface area (Å²) < 4.78 is 0. The second kappa shape index (κ2) is 4.69. The van der Waals surface area contributed by atoms with Crippen LogP contribution in [0.15, 0.2) is 0 Å². The molecule has 0 aromatic carbocycles. The summed E-state index contributed by atoms with van der Waals surface area (Å²) in [6, 6.07) is 1.24. The highest BCUT2D eigenvalue weighted by molar-refractivity contribution is 4.65. The first-order valence-electron chi connectivity index (χ1n) is 3.95. The molecule has 0 amide bonds. The van der Waals surface area contributed by atoms with E-state index in [9.17, 15) is 0 Å². The maximum Gasteiger partial charge on any atom is 0.0163 e. The van der Waals surface area contributed by atoms with Gasteiger partial charge in [-0.05, 0) is 34.9 Å². The zero-order valence-corrected chi connectivity index (χ0v) is 7.81. The molecule has 0 aliphatic carbocycles. The molecule has 0 saturated carbocycles. The first kappa shape index (κ1) is 9.92. The highest BCUT2D eigenvalue weighted by atomic mass is 15.1. The van der Waals surface area contributed by atoms with Crippen molar-refractivity contribution in [2.24, 2.45) is 0 Å². The van der Waals surface area contributed by atoms with Gasteiger partial charge in [0.15, 0.2) is 0 Å². The van der Waals surface area contributed by atoms with Crippen LogP contribution in [0.3, 0.4) is 0 Å². The van der Waals surface area contributed by atoms with E-state index in [1.165, 1.54) is 0 Å². The van der Waals surface area contributed by atoms with Crippen LogP contribution >= 0.6 is 0 Å². The SMILES string of the molecule is CNC(C)CN(C)C(C)C. The van der Waals surface area contributed by atoms with Gasteiger partial charge in [-0.3, -0.25) is 0 Å². The highest BCUT2D eigenvalue weighted by Gasteiger charge is 2.05. The van der Waals surface area contributed by atoms with Crippen molar-refractivity contribution in [3.8, 4) is 0 Å². The van der Waals surface area contributed by atoms with Gasteiger partial charge >= 0.3 is 0 Å². The molecule has 0 aromatic rings. The van der Waals surface area contributed by atoms with Gasteiger partial charge in [0.25, 0.3) is 0 Å². The van der Waals surface area contributed by atoms with E-state index in [0.29, 0.717) is 12.1 Å². The van der Waals surface area contributed by atoms with Crippen molar-refractivity contribution in [1.29, 1.82) is 0 Å². The summed E-state index contributed by atoms with van der Waals surface area (Å²) in [5.41, 5.74) is 0. The summed E-state index contributed by atoms with van der Waals surface area (Å²) >= 11 is 0. The van der Waals surface area contributed by atoms with Crippen molar-refractivity contribution >= 4 is 0 Å². The summed E-state index contributed by atoms with van der Waals surface area (Å²) in [6.45, 7) is 7.73. The predicted octanol–water partition coefficient (Wildman–Crippen LogP) is 0.934.